The summed E-state index contributed by atoms with van der Waals surface area (Å²) >= 11 is 0. The first kappa shape index (κ1) is 17.2. The van der Waals surface area contributed by atoms with E-state index >= 15 is 0 Å². The number of aryl methyl sites for hydroxylation is 2. The summed E-state index contributed by atoms with van der Waals surface area (Å²) < 4.78 is 11.6. The Morgan fingerprint density at radius 1 is 1.04 bits per heavy atom. The summed E-state index contributed by atoms with van der Waals surface area (Å²) in [7, 11) is 0. The van der Waals surface area contributed by atoms with Gasteiger partial charge in [-0.15, -0.1) is 0 Å². The summed E-state index contributed by atoms with van der Waals surface area (Å²) in [6.45, 7) is 7.07. The summed E-state index contributed by atoms with van der Waals surface area (Å²) in [4.78, 5) is 19.1. The largest absolute Gasteiger partial charge is 0.454 e. The van der Waals surface area contributed by atoms with Crippen molar-refractivity contribution in [2.24, 2.45) is 0 Å². The first-order valence-corrected chi connectivity index (χ1v) is 9.74. The summed E-state index contributed by atoms with van der Waals surface area (Å²) in [6.07, 6.45) is 4.46. The van der Waals surface area contributed by atoms with Crippen LogP contribution in [-0.4, -0.2) is 23.0 Å². The van der Waals surface area contributed by atoms with Crippen LogP contribution in [0.1, 0.15) is 29.7 Å². The first-order valence-electron chi connectivity index (χ1n) is 9.74. The van der Waals surface area contributed by atoms with E-state index in [1.54, 1.807) is 0 Å². The van der Waals surface area contributed by atoms with E-state index in [0.29, 0.717) is 11.3 Å². The van der Waals surface area contributed by atoms with E-state index in [2.05, 4.69) is 9.88 Å². The maximum atomic E-state index is 12.1. The lowest BCUT2D eigenvalue weighted by atomic mass is 10.1. The third-order valence-corrected chi connectivity index (χ3v) is 5.58. The number of aromatic nitrogens is 1. The Balaban J connectivity index is 1.69. The molecule has 1 fully saturated rings. The van der Waals surface area contributed by atoms with Crippen molar-refractivity contribution in [2.45, 2.75) is 33.2 Å². The number of benzene rings is 1. The zero-order valence-corrected chi connectivity index (χ0v) is 16.1. The number of rotatable bonds is 3. The van der Waals surface area contributed by atoms with Crippen LogP contribution < -0.4 is 5.63 Å². The monoisotopic (exact) mass is 374 g/mol. The van der Waals surface area contributed by atoms with Gasteiger partial charge in [0.2, 0.25) is 0 Å². The number of hydrogen-bond donors (Lipinski definition) is 0. The minimum Gasteiger partial charge on any atom is -0.454 e. The first-order chi connectivity index (χ1) is 13.6. The van der Waals surface area contributed by atoms with Crippen molar-refractivity contribution in [2.75, 3.05) is 13.1 Å². The second kappa shape index (κ2) is 6.60. The molecule has 3 aromatic heterocycles. The number of likely N-dealkylation sites (tertiary alicyclic amines) is 1. The number of pyridine rings is 1. The molecular weight excluding hydrogens is 352 g/mol. The third-order valence-electron chi connectivity index (χ3n) is 5.58. The van der Waals surface area contributed by atoms with Gasteiger partial charge in [0.1, 0.15) is 11.3 Å². The Hall–Kier alpha value is -2.92. The van der Waals surface area contributed by atoms with Gasteiger partial charge < -0.3 is 8.83 Å². The Kier molecular flexibility index (Phi) is 4.05. The minimum atomic E-state index is -0.374. The second-order valence-electron chi connectivity index (χ2n) is 7.68. The van der Waals surface area contributed by atoms with Gasteiger partial charge >= 0.3 is 5.63 Å². The van der Waals surface area contributed by atoms with E-state index < -0.39 is 0 Å². The molecule has 28 heavy (non-hydrogen) atoms. The summed E-state index contributed by atoms with van der Waals surface area (Å²) in [5.41, 5.74) is 4.82. The molecule has 5 nitrogen and oxygen atoms in total. The van der Waals surface area contributed by atoms with Gasteiger partial charge in [0.15, 0.2) is 5.58 Å². The molecule has 0 unspecified atom stereocenters. The maximum absolute atomic E-state index is 12.1. The fourth-order valence-electron chi connectivity index (χ4n) is 4.12. The molecule has 1 aliphatic heterocycles. The lowest BCUT2D eigenvalue weighted by molar-refractivity contribution is 0.332. The number of nitrogens with zero attached hydrogens (tertiary/aromatic N) is 2. The molecule has 4 heterocycles. The fraction of sp³-hybridized carbons (Fsp3) is 0.304. The van der Waals surface area contributed by atoms with Gasteiger partial charge in [-0.1, -0.05) is 12.1 Å². The molecule has 1 aromatic carbocycles. The van der Waals surface area contributed by atoms with Crippen molar-refractivity contribution in [1.29, 1.82) is 0 Å². The molecule has 0 atom stereocenters. The van der Waals surface area contributed by atoms with Crippen LogP contribution in [0.2, 0.25) is 0 Å². The van der Waals surface area contributed by atoms with Gasteiger partial charge in [0, 0.05) is 35.1 Å². The molecule has 5 heteroatoms. The normalized spacial score (nSPS) is 15.1. The Bertz CT molecular complexity index is 1250. The molecule has 1 aliphatic rings. The quantitative estimate of drug-likeness (QED) is 0.482. The highest BCUT2D eigenvalue weighted by molar-refractivity contribution is 5.95. The van der Waals surface area contributed by atoms with Crippen molar-refractivity contribution in [3.8, 4) is 11.3 Å². The van der Waals surface area contributed by atoms with E-state index in [-0.39, 0.29) is 5.63 Å². The molecule has 0 amide bonds. The van der Waals surface area contributed by atoms with Gasteiger partial charge in [-0.3, -0.25) is 9.88 Å². The Labute approximate surface area is 162 Å². The number of hydrogen-bond acceptors (Lipinski definition) is 5. The average molecular weight is 374 g/mol. The van der Waals surface area contributed by atoms with Crippen molar-refractivity contribution < 1.29 is 8.83 Å². The number of fused-ring (bicyclic) bond motifs is 2. The van der Waals surface area contributed by atoms with Gasteiger partial charge in [-0.2, -0.15) is 0 Å². The Morgan fingerprint density at radius 3 is 2.68 bits per heavy atom. The molecule has 0 spiro atoms. The van der Waals surface area contributed by atoms with Crippen LogP contribution in [-0.2, 0) is 6.54 Å². The lowest BCUT2D eigenvalue weighted by Crippen LogP contribution is -2.18. The van der Waals surface area contributed by atoms with Crippen LogP contribution in [0, 0.1) is 13.8 Å². The third kappa shape index (κ3) is 2.92. The zero-order chi connectivity index (χ0) is 19.3. The number of furan rings is 1. The van der Waals surface area contributed by atoms with Gasteiger partial charge in [-0.25, -0.2) is 4.79 Å². The molecular formula is C23H22N2O3. The van der Waals surface area contributed by atoms with Crippen LogP contribution in [0.4, 0.5) is 0 Å². The zero-order valence-electron chi connectivity index (χ0n) is 16.1. The van der Waals surface area contributed by atoms with E-state index in [4.69, 9.17) is 8.83 Å². The molecule has 0 saturated carbocycles. The smallest absolute Gasteiger partial charge is 0.336 e. The maximum Gasteiger partial charge on any atom is 0.336 e. The van der Waals surface area contributed by atoms with Crippen LogP contribution in [0.3, 0.4) is 0 Å². The van der Waals surface area contributed by atoms with Gasteiger partial charge in [-0.05, 0) is 63.0 Å². The summed E-state index contributed by atoms with van der Waals surface area (Å²) in [6, 6.07) is 9.43. The molecule has 1 saturated heterocycles. The van der Waals surface area contributed by atoms with E-state index in [1.807, 2.05) is 44.3 Å². The molecule has 0 N–H and O–H groups in total. The predicted molar refractivity (Wildman–Crippen MR) is 109 cm³/mol. The van der Waals surface area contributed by atoms with Crippen LogP contribution in [0.5, 0.6) is 0 Å². The lowest BCUT2D eigenvalue weighted by Gasteiger charge is -2.14. The minimum absolute atomic E-state index is 0.374. The second-order valence-corrected chi connectivity index (χ2v) is 7.68. The Morgan fingerprint density at radius 2 is 1.86 bits per heavy atom. The summed E-state index contributed by atoms with van der Waals surface area (Å²) in [5.74, 6) is 0.676. The highest BCUT2D eigenvalue weighted by Crippen LogP contribution is 2.35. The molecule has 5 rings (SSSR count). The predicted octanol–water partition coefficient (Wildman–Crippen LogP) is 4.81. The fourth-order valence-corrected chi connectivity index (χ4v) is 4.12. The SMILES string of the molecule is Cc1ccc2c(-c3cc4c(CN5CCCC5)cnc(C)c4o3)cc(=O)oc2c1. The van der Waals surface area contributed by atoms with Crippen LogP contribution >= 0.6 is 0 Å². The molecule has 142 valence electrons. The highest BCUT2D eigenvalue weighted by Gasteiger charge is 2.19. The van der Waals surface area contributed by atoms with Crippen LogP contribution in [0.25, 0.3) is 33.3 Å². The molecule has 0 aliphatic carbocycles. The van der Waals surface area contributed by atoms with Gasteiger partial charge in [0.25, 0.3) is 0 Å². The van der Waals surface area contributed by atoms with Crippen molar-refractivity contribution >= 4 is 21.9 Å². The van der Waals surface area contributed by atoms with Crippen molar-refractivity contribution in [3.63, 3.8) is 0 Å². The topological polar surface area (TPSA) is 59.5 Å². The highest BCUT2D eigenvalue weighted by atomic mass is 16.4. The average Bonchev–Trinajstić information content (AvgIpc) is 3.33. The summed E-state index contributed by atoms with van der Waals surface area (Å²) in [5, 5.41) is 1.94. The van der Waals surface area contributed by atoms with E-state index in [0.717, 1.165) is 52.8 Å². The van der Waals surface area contributed by atoms with E-state index in [9.17, 15) is 4.79 Å². The molecule has 0 radical (unpaired) electrons. The standard InChI is InChI=1S/C23H22N2O3/c1-14-5-6-17-19(11-22(26)27-20(17)9-14)21-10-18-16(13-25-7-3-4-8-25)12-24-15(2)23(18)28-21/h5-6,9-12H,3-4,7-8,13H2,1-2H3. The molecule has 4 aromatic rings. The van der Waals surface area contributed by atoms with Crippen LogP contribution in [0.15, 0.2) is 50.2 Å². The van der Waals surface area contributed by atoms with Crippen molar-refractivity contribution in [3.05, 3.63) is 63.8 Å². The van der Waals surface area contributed by atoms with Gasteiger partial charge in [0.05, 0.1) is 5.69 Å². The molecule has 0 bridgehead atoms. The van der Waals surface area contributed by atoms with Crippen molar-refractivity contribution in [1.82, 2.24) is 9.88 Å². The van der Waals surface area contributed by atoms with E-state index in [1.165, 1.54) is 24.5 Å².